The second-order valence-electron chi connectivity index (χ2n) is 6.39. The van der Waals surface area contributed by atoms with Crippen LogP contribution in [0.25, 0.3) is 0 Å². The van der Waals surface area contributed by atoms with Crippen LogP contribution in [0.2, 0.25) is 0 Å². The van der Waals surface area contributed by atoms with E-state index in [0.29, 0.717) is 23.3 Å². The van der Waals surface area contributed by atoms with Crippen LogP contribution in [0.1, 0.15) is 65.1 Å². The van der Waals surface area contributed by atoms with Gasteiger partial charge in [0.1, 0.15) is 5.69 Å². The highest BCUT2D eigenvalue weighted by Crippen LogP contribution is 2.35. The summed E-state index contributed by atoms with van der Waals surface area (Å²) in [5.41, 5.74) is 0.924. The molecule has 0 radical (unpaired) electrons. The van der Waals surface area contributed by atoms with E-state index in [0.717, 1.165) is 19.4 Å². The largest absolute Gasteiger partial charge is 0.478 e. The summed E-state index contributed by atoms with van der Waals surface area (Å²) >= 11 is 0. The summed E-state index contributed by atoms with van der Waals surface area (Å²) in [6.07, 6.45) is 7.13. The van der Waals surface area contributed by atoms with Crippen molar-refractivity contribution < 1.29 is 14.7 Å². The van der Waals surface area contributed by atoms with Crippen molar-refractivity contribution in [1.82, 2.24) is 9.88 Å². The minimum absolute atomic E-state index is 0.0468. The van der Waals surface area contributed by atoms with Gasteiger partial charge in [-0.05, 0) is 50.7 Å². The number of hydrogen-bond acceptors (Lipinski definition) is 3. The van der Waals surface area contributed by atoms with Gasteiger partial charge in [-0.2, -0.15) is 0 Å². The minimum atomic E-state index is -1.01. The molecule has 1 aliphatic carbocycles. The van der Waals surface area contributed by atoms with Crippen LogP contribution in [0, 0.1) is 12.8 Å². The van der Waals surface area contributed by atoms with E-state index in [2.05, 4.69) is 4.98 Å². The first-order valence-corrected chi connectivity index (χ1v) is 8.10. The molecule has 2 heterocycles. The molecule has 22 heavy (non-hydrogen) atoms. The highest BCUT2D eigenvalue weighted by molar-refractivity contribution is 5.94. The van der Waals surface area contributed by atoms with Crippen LogP contribution < -0.4 is 0 Å². The van der Waals surface area contributed by atoms with Gasteiger partial charge in [0.15, 0.2) is 0 Å². The van der Waals surface area contributed by atoms with Gasteiger partial charge >= 0.3 is 5.97 Å². The maximum Gasteiger partial charge on any atom is 0.337 e. The maximum absolute atomic E-state index is 12.8. The Bertz CT molecular complexity index is 594. The van der Waals surface area contributed by atoms with Gasteiger partial charge < -0.3 is 10.0 Å². The lowest BCUT2D eigenvalue weighted by molar-refractivity contribution is 0.0672. The molecule has 1 aromatic heterocycles. The van der Waals surface area contributed by atoms with E-state index in [1.807, 2.05) is 4.90 Å². The fraction of sp³-hybridized carbons (Fsp3) is 0.588. The van der Waals surface area contributed by atoms with Crippen molar-refractivity contribution in [3.05, 3.63) is 29.1 Å². The first kappa shape index (κ1) is 15.0. The number of carboxylic acids is 1. The average Bonchev–Trinajstić information content (AvgIpc) is 3.16. The molecule has 1 aromatic rings. The maximum atomic E-state index is 12.8. The van der Waals surface area contributed by atoms with Gasteiger partial charge in [0, 0.05) is 12.6 Å². The quantitative estimate of drug-likeness (QED) is 0.932. The molecule has 0 bridgehead atoms. The monoisotopic (exact) mass is 302 g/mol. The van der Waals surface area contributed by atoms with Crippen molar-refractivity contribution in [2.24, 2.45) is 5.92 Å². The third-order valence-corrected chi connectivity index (χ3v) is 5.04. The fourth-order valence-corrected chi connectivity index (χ4v) is 3.93. The van der Waals surface area contributed by atoms with Crippen LogP contribution in [-0.2, 0) is 0 Å². The van der Waals surface area contributed by atoms with Gasteiger partial charge in [0.2, 0.25) is 0 Å². The number of carboxylic acid groups (broad SMARTS) is 1. The standard InChI is InChI=1S/C17H22N2O3/c1-11-13(17(21)22)8-9-14(18-11)16(20)19-10-4-7-15(19)12-5-2-3-6-12/h8-9,12,15H,2-7,10H2,1H3,(H,21,22). The number of likely N-dealkylation sites (tertiary alicyclic amines) is 1. The Labute approximate surface area is 130 Å². The van der Waals surface area contributed by atoms with E-state index in [4.69, 9.17) is 5.11 Å². The number of aromatic nitrogens is 1. The molecule has 0 aromatic carbocycles. The van der Waals surface area contributed by atoms with Crippen LogP contribution >= 0.6 is 0 Å². The third kappa shape index (κ3) is 2.72. The molecule has 118 valence electrons. The Morgan fingerprint density at radius 1 is 1.18 bits per heavy atom. The van der Waals surface area contributed by atoms with Gasteiger partial charge in [0.25, 0.3) is 5.91 Å². The molecule has 3 rings (SSSR count). The predicted octanol–water partition coefficient (Wildman–Crippen LogP) is 2.88. The summed E-state index contributed by atoms with van der Waals surface area (Å²) in [5, 5.41) is 9.06. The fourth-order valence-electron chi connectivity index (χ4n) is 3.93. The minimum Gasteiger partial charge on any atom is -0.478 e. The number of rotatable bonds is 3. The lowest BCUT2D eigenvalue weighted by Gasteiger charge is -2.29. The average molecular weight is 302 g/mol. The third-order valence-electron chi connectivity index (χ3n) is 5.04. The van der Waals surface area contributed by atoms with Crippen LogP contribution in [-0.4, -0.2) is 39.5 Å². The Hall–Kier alpha value is -1.91. The molecule has 1 N–H and O–H groups in total. The molecule has 1 unspecified atom stereocenters. The summed E-state index contributed by atoms with van der Waals surface area (Å²) in [5.74, 6) is -0.422. The molecule has 1 atom stereocenters. The number of hydrogen-bond donors (Lipinski definition) is 1. The van der Waals surface area contributed by atoms with E-state index < -0.39 is 5.97 Å². The summed E-state index contributed by atoms with van der Waals surface area (Å²) in [6, 6.07) is 3.37. The Morgan fingerprint density at radius 2 is 1.91 bits per heavy atom. The topological polar surface area (TPSA) is 70.5 Å². The Kier molecular flexibility index (Phi) is 4.14. The first-order valence-electron chi connectivity index (χ1n) is 8.10. The van der Waals surface area contributed by atoms with Crippen molar-refractivity contribution in [2.45, 2.75) is 51.5 Å². The predicted molar refractivity (Wildman–Crippen MR) is 81.9 cm³/mol. The zero-order valence-electron chi connectivity index (χ0n) is 12.9. The first-order chi connectivity index (χ1) is 10.6. The number of pyridine rings is 1. The number of aryl methyl sites for hydroxylation is 1. The van der Waals surface area contributed by atoms with Crippen LogP contribution in [0.3, 0.4) is 0 Å². The summed E-state index contributed by atoms with van der Waals surface area (Å²) in [6.45, 7) is 2.43. The van der Waals surface area contributed by atoms with Crippen molar-refractivity contribution in [1.29, 1.82) is 0 Å². The molecule has 0 spiro atoms. The lowest BCUT2D eigenvalue weighted by atomic mass is 9.96. The number of nitrogens with zero attached hydrogens (tertiary/aromatic N) is 2. The normalized spacial score (nSPS) is 22.2. The second-order valence-corrected chi connectivity index (χ2v) is 6.39. The summed E-state index contributed by atoms with van der Waals surface area (Å²) < 4.78 is 0. The van der Waals surface area contributed by atoms with Crippen molar-refractivity contribution >= 4 is 11.9 Å². The van der Waals surface area contributed by atoms with E-state index in [1.54, 1.807) is 13.0 Å². The molecule has 1 amide bonds. The summed E-state index contributed by atoms with van der Waals surface area (Å²) in [7, 11) is 0. The molecule has 1 saturated carbocycles. The second kappa shape index (κ2) is 6.07. The van der Waals surface area contributed by atoms with Gasteiger partial charge in [-0.1, -0.05) is 12.8 Å². The number of amides is 1. The number of aromatic carboxylic acids is 1. The molecule has 1 aliphatic heterocycles. The Balaban J connectivity index is 1.80. The van der Waals surface area contributed by atoms with Gasteiger partial charge in [0.05, 0.1) is 11.3 Å². The molecular formula is C17H22N2O3. The molecular weight excluding hydrogens is 280 g/mol. The highest BCUT2D eigenvalue weighted by Gasteiger charge is 2.36. The summed E-state index contributed by atoms with van der Waals surface area (Å²) in [4.78, 5) is 30.0. The van der Waals surface area contributed by atoms with Gasteiger partial charge in [-0.3, -0.25) is 4.79 Å². The number of carbonyl (C=O) groups excluding carboxylic acids is 1. The van der Waals surface area contributed by atoms with Gasteiger partial charge in [-0.15, -0.1) is 0 Å². The van der Waals surface area contributed by atoms with Crippen molar-refractivity contribution in [2.75, 3.05) is 6.54 Å². The van der Waals surface area contributed by atoms with E-state index in [-0.39, 0.29) is 11.5 Å². The van der Waals surface area contributed by atoms with Crippen LogP contribution in [0.15, 0.2) is 12.1 Å². The molecule has 2 fully saturated rings. The molecule has 1 saturated heterocycles. The molecule has 5 heteroatoms. The molecule has 2 aliphatic rings. The van der Waals surface area contributed by atoms with E-state index >= 15 is 0 Å². The zero-order valence-corrected chi connectivity index (χ0v) is 12.9. The molecule has 5 nitrogen and oxygen atoms in total. The lowest BCUT2D eigenvalue weighted by Crippen LogP contribution is -2.39. The zero-order chi connectivity index (χ0) is 15.7. The Morgan fingerprint density at radius 3 is 2.55 bits per heavy atom. The van der Waals surface area contributed by atoms with Crippen LogP contribution in [0.4, 0.5) is 0 Å². The van der Waals surface area contributed by atoms with Crippen molar-refractivity contribution in [3.63, 3.8) is 0 Å². The highest BCUT2D eigenvalue weighted by atomic mass is 16.4. The SMILES string of the molecule is Cc1nc(C(=O)N2CCCC2C2CCCC2)ccc1C(=O)O. The van der Waals surface area contributed by atoms with Crippen molar-refractivity contribution in [3.8, 4) is 0 Å². The smallest absolute Gasteiger partial charge is 0.337 e. The van der Waals surface area contributed by atoms with Gasteiger partial charge in [-0.25, -0.2) is 9.78 Å². The van der Waals surface area contributed by atoms with E-state index in [1.165, 1.54) is 31.7 Å². The van der Waals surface area contributed by atoms with E-state index in [9.17, 15) is 9.59 Å². The van der Waals surface area contributed by atoms with Crippen LogP contribution in [0.5, 0.6) is 0 Å². The number of carbonyl (C=O) groups is 2.